The van der Waals surface area contributed by atoms with Crippen molar-refractivity contribution < 1.29 is 9.90 Å². The first kappa shape index (κ1) is 12.3. The van der Waals surface area contributed by atoms with E-state index in [9.17, 15) is 9.90 Å². The smallest absolute Gasteiger partial charge is 0.269 e. The Bertz CT molecular complexity index is 482. The first-order valence-corrected chi connectivity index (χ1v) is 5.78. The number of nitrogens with one attached hydrogen (secondary N) is 2. The minimum absolute atomic E-state index is 0.215. The zero-order valence-corrected chi connectivity index (χ0v) is 9.84. The van der Waals surface area contributed by atoms with Crippen molar-refractivity contribution in [1.29, 1.82) is 0 Å². The summed E-state index contributed by atoms with van der Waals surface area (Å²) in [5, 5.41) is 18.9. The summed E-state index contributed by atoms with van der Waals surface area (Å²) in [6.07, 6.45) is 1.44. The van der Waals surface area contributed by atoms with Crippen LogP contribution in [0.15, 0.2) is 42.6 Å². The number of H-pyrrole nitrogens is 1. The quantitative estimate of drug-likeness (QED) is 0.742. The van der Waals surface area contributed by atoms with Crippen molar-refractivity contribution in [1.82, 2.24) is 15.5 Å². The molecule has 1 atom stereocenters. The third kappa shape index (κ3) is 3.18. The molecule has 5 heteroatoms. The van der Waals surface area contributed by atoms with Crippen molar-refractivity contribution in [3.05, 3.63) is 53.9 Å². The van der Waals surface area contributed by atoms with Gasteiger partial charge in [0.05, 0.1) is 6.10 Å². The van der Waals surface area contributed by atoms with Crippen LogP contribution in [0.25, 0.3) is 0 Å². The lowest BCUT2D eigenvalue weighted by Crippen LogP contribution is -2.26. The van der Waals surface area contributed by atoms with Gasteiger partial charge in [-0.25, -0.2) is 0 Å². The van der Waals surface area contributed by atoms with Gasteiger partial charge in [0.2, 0.25) is 0 Å². The Balaban J connectivity index is 1.77. The highest BCUT2D eigenvalue weighted by molar-refractivity contribution is 5.92. The van der Waals surface area contributed by atoms with E-state index < -0.39 is 6.10 Å². The van der Waals surface area contributed by atoms with Gasteiger partial charge in [0, 0.05) is 12.7 Å². The number of aromatic nitrogens is 2. The molecule has 1 heterocycles. The van der Waals surface area contributed by atoms with Crippen molar-refractivity contribution in [3.8, 4) is 0 Å². The highest BCUT2D eigenvalue weighted by Gasteiger charge is 2.09. The fourth-order valence-corrected chi connectivity index (χ4v) is 1.64. The van der Waals surface area contributed by atoms with E-state index in [1.165, 1.54) is 6.20 Å². The lowest BCUT2D eigenvalue weighted by Gasteiger charge is -2.11. The molecule has 0 saturated carbocycles. The number of hydrogen-bond donors (Lipinski definition) is 3. The molecule has 94 valence electrons. The zero-order valence-electron chi connectivity index (χ0n) is 9.84. The molecule has 0 aliphatic heterocycles. The van der Waals surface area contributed by atoms with Crippen LogP contribution in [0.5, 0.6) is 0 Å². The summed E-state index contributed by atoms with van der Waals surface area (Å²) < 4.78 is 0. The van der Waals surface area contributed by atoms with Gasteiger partial charge in [-0.1, -0.05) is 30.3 Å². The summed E-state index contributed by atoms with van der Waals surface area (Å²) in [7, 11) is 0. The molecule has 1 aromatic heterocycles. The minimum atomic E-state index is -0.562. The molecule has 3 N–H and O–H groups in total. The number of amides is 1. The van der Waals surface area contributed by atoms with Crippen LogP contribution in [0.3, 0.4) is 0 Å². The predicted octanol–water partition coefficient (Wildman–Crippen LogP) is 1.26. The molecular formula is C13H15N3O2. The average molecular weight is 245 g/mol. The second-order valence-electron chi connectivity index (χ2n) is 3.94. The molecule has 0 aliphatic carbocycles. The monoisotopic (exact) mass is 245 g/mol. The van der Waals surface area contributed by atoms with E-state index in [1.54, 1.807) is 6.07 Å². The molecule has 5 nitrogen and oxygen atoms in total. The van der Waals surface area contributed by atoms with Gasteiger partial charge < -0.3 is 10.4 Å². The summed E-state index contributed by atoms with van der Waals surface area (Å²) in [6.45, 7) is 0.411. The van der Waals surface area contributed by atoms with Crippen molar-refractivity contribution in [2.45, 2.75) is 12.5 Å². The summed E-state index contributed by atoms with van der Waals surface area (Å²) in [4.78, 5) is 11.6. The van der Waals surface area contributed by atoms with E-state index in [4.69, 9.17) is 0 Å². The number of carbonyl (C=O) groups excluding carboxylic acids is 1. The number of carbonyl (C=O) groups is 1. The van der Waals surface area contributed by atoms with Gasteiger partial charge in [0.15, 0.2) is 0 Å². The Kier molecular flexibility index (Phi) is 4.09. The van der Waals surface area contributed by atoms with Crippen LogP contribution in [-0.4, -0.2) is 27.8 Å². The Morgan fingerprint density at radius 2 is 2.11 bits per heavy atom. The van der Waals surface area contributed by atoms with Gasteiger partial charge in [-0.2, -0.15) is 5.10 Å². The maximum absolute atomic E-state index is 11.6. The molecule has 2 aromatic rings. The number of nitrogens with zero attached hydrogens (tertiary/aromatic N) is 1. The summed E-state index contributed by atoms with van der Waals surface area (Å²) in [6, 6.07) is 11.0. The number of rotatable bonds is 5. The van der Waals surface area contributed by atoms with Gasteiger partial charge in [-0.05, 0) is 18.1 Å². The lowest BCUT2D eigenvalue weighted by molar-refractivity contribution is 0.0937. The zero-order chi connectivity index (χ0) is 12.8. The van der Waals surface area contributed by atoms with E-state index in [0.717, 1.165) is 5.56 Å². The van der Waals surface area contributed by atoms with Crippen LogP contribution in [0.4, 0.5) is 0 Å². The lowest BCUT2D eigenvalue weighted by atomic mass is 10.1. The van der Waals surface area contributed by atoms with Crippen LogP contribution >= 0.6 is 0 Å². The van der Waals surface area contributed by atoms with Gasteiger partial charge in [0.25, 0.3) is 5.91 Å². The number of aliphatic hydroxyl groups excluding tert-OH is 1. The number of hydrogen-bond acceptors (Lipinski definition) is 3. The Labute approximate surface area is 105 Å². The van der Waals surface area contributed by atoms with Crippen LogP contribution in [0, 0.1) is 0 Å². The topological polar surface area (TPSA) is 78.0 Å². The third-order valence-corrected chi connectivity index (χ3v) is 2.63. The number of aliphatic hydroxyl groups is 1. The maximum atomic E-state index is 11.6. The van der Waals surface area contributed by atoms with Gasteiger partial charge in [-0.3, -0.25) is 9.89 Å². The van der Waals surface area contributed by atoms with Gasteiger partial charge in [0.1, 0.15) is 5.69 Å². The van der Waals surface area contributed by atoms with E-state index in [1.807, 2.05) is 30.3 Å². The van der Waals surface area contributed by atoms with E-state index in [0.29, 0.717) is 18.7 Å². The standard InChI is InChI=1S/C13H15N3O2/c17-12(10-4-2-1-3-5-10)7-8-14-13(18)11-6-9-15-16-11/h1-6,9,12,17H,7-8H2,(H,14,18)(H,15,16). The average Bonchev–Trinajstić information content (AvgIpc) is 2.93. The number of benzene rings is 1. The Hall–Kier alpha value is -2.14. The SMILES string of the molecule is O=C(NCCC(O)c1ccccc1)c1ccn[nH]1. The number of aromatic amines is 1. The maximum Gasteiger partial charge on any atom is 0.269 e. The van der Waals surface area contributed by atoms with Crippen molar-refractivity contribution in [2.75, 3.05) is 6.54 Å². The fraction of sp³-hybridized carbons (Fsp3) is 0.231. The molecule has 0 spiro atoms. The van der Waals surface area contributed by atoms with E-state index in [-0.39, 0.29) is 5.91 Å². The molecule has 2 rings (SSSR count). The summed E-state index contributed by atoms with van der Waals surface area (Å²) in [5.41, 5.74) is 1.28. The van der Waals surface area contributed by atoms with Crippen LogP contribution in [0.1, 0.15) is 28.6 Å². The van der Waals surface area contributed by atoms with Crippen molar-refractivity contribution in [3.63, 3.8) is 0 Å². The van der Waals surface area contributed by atoms with E-state index in [2.05, 4.69) is 15.5 Å². The molecule has 1 unspecified atom stereocenters. The molecule has 18 heavy (non-hydrogen) atoms. The highest BCUT2D eigenvalue weighted by Crippen LogP contribution is 2.14. The first-order chi connectivity index (χ1) is 8.77. The van der Waals surface area contributed by atoms with Gasteiger partial charge in [-0.15, -0.1) is 0 Å². The third-order valence-electron chi connectivity index (χ3n) is 2.63. The fourth-order valence-electron chi connectivity index (χ4n) is 1.64. The highest BCUT2D eigenvalue weighted by atomic mass is 16.3. The molecule has 0 aliphatic rings. The van der Waals surface area contributed by atoms with Crippen molar-refractivity contribution >= 4 is 5.91 Å². The normalized spacial score (nSPS) is 12.1. The van der Waals surface area contributed by atoms with Crippen LogP contribution in [-0.2, 0) is 0 Å². The van der Waals surface area contributed by atoms with Crippen molar-refractivity contribution in [2.24, 2.45) is 0 Å². The largest absolute Gasteiger partial charge is 0.388 e. The molecule has 0 fully saturated rings. The Morgan fingerprint density at radius 1 is 1.33 bits per heavy atom. The predicted molar refractivity (Wildman–Crippen MR) is 66.9 cm³/mol. The molecule has 0 bridgehead atoms. The molecule has 1 amide bonds. The van der Waals surface area contributed by atoms with Gasteiger partial charge >= 0.3 is 0 Å². The van der Waals surface area contributed by atoms with Crippen LogP contribution in [0.2, 0.25) is 0 Å². The molecule has 0 saturated heterocycles. The first-order valence-electron chi connectivity index (χ1n) is 5.78. The molecular weight excluding hydrogens is 230 g/mol. The second kappa shape index (κ2) is 5.97. The second-order valence-corrected chi connectivity index (χ2v) is 3.94. The summed E-state index contributed by atoms with van der Waals surface area (Å²) >= 11 is 0. The summed E-state index contributed by atoms with van der Waals surface area (Å²) in [5.74, 6) is -0.215. The molecule has 0 radical (unpaired) electrons. The Morgan fingerprint density at radius 3 is 2.78 bits per heavy atom. The molecule has 1 aromatic carbocycles. The van der Waals surface area contributed by atoms with Crippen LogP contribution < -0.4 is 5.32 Å². The van der Waals surface area contributed by atoms with E-state index >= 15 is 0 Å². The minimum Gasteiger partial charge on any atom is -0.388 e.